The predicted molar refractivity (Wildman–Crippen MR) is 57.4 cm³/mol. The molecule has 0 bridgehead atoms. The van der Waals surface area contributed by atoms with Crippen molar-refractivity contribution >= 4 is 17.4 Å². The molecule has 0 saturated heterocycles. The van der Waals surface area contributed by atoms with Crippen molar-refractivity contribution in [3.8, 4) is 0 Å². The lowest BCUT2D eigenvalue weighted by Crippen LogP contribution is -2.30. The molecule has 0 aromatic carbocycles. The van der Waals surface area contributed by atoms with Gasteiger partial charge in [0.15, 0.2) is 0 Å². The van der Waals surface area contributed by atoms with Gasteiger partial charge < -0.3 is 5.32 Å². The number of nitrogens with one attached hydrogen (secondary N) is 1. The van der Waals surface area contributed by atoms with E-state index in [2.05, 4.69) is 31.1 Å². The van der Waals surface area contributed by atoms with Gasteiger partial charge in [0.1, 0.15) is 5.03 Å². The van der Waals surface area contributed by atoms with Gasteiger partial charge in [-0.1, -0.05) is 11.8 Å². The van der Waals surface area contributed by atoms with Gasteiger partial charge in [0.2, 0.25) is 0 Å². The van der Waals surface area contributed by atoms with Crippen LogP contribution in [0.2, 0.25) is 0 Å². The fraction of sp³-hybridized carbons (Fsp3) is 0.500. The molecule has 0 saturated carbocycles. The lowest BCUT2D eigenvalue weighted by Gasteiger charge is -2.31. The normalized spacial score (nSPS) is 19.0. The molecule has 2 nitrogen and oxygen atoms in total. The number of anilines is 1. The van der Waals surface area contributed by atoms with Crippen LogP contribution < -0.4 is 5.32 Å². The Morgan fingerprint density at radius 2 is 2.31 bits per heavy atom. The molecule has 1 aliphatic rings. The van der Waals surface area contributed by atoms with Gasteiger partial charge in [-0.25, -0.2) is 4.98 Å². The van der Waals surface area contributed by atoms with Crippen molar-refractivity contribution in [3.63, 3.8) is 0 Å². The molecule has 1 aliphatic heterocycles. The third kappa shape index (κ3) is 1.66. The van der Waals surface area contributed by atoms with Crippen LogP contribution in [0.15, 0.2) is 17.3 Å². The first-order valence-electron chi connectivity index (χ1n) is 4.47. The SMILES string of the molecule is Cc1ccnc2c1NCC(C)(C)S2. The molecule has 0 aliphatic carbocycles. The van der Waals surface area contributed by atoms with Crippen LogP contribution in [0.4, 0.5) is 5.69 Å². The molecule has 1 aromatic heterocycles. The Labute approximate surface area is 83.1 Å². The number of aromatic nitrogens is 1. The minimum Gasteiger partial charge on any atom is -0.381 e. The van der Waals surface area contributed by atoms with E-state index in [9.17, 15) is 0 Å². The quantitative estimate of drug-likeness (QED) is 0.687. The van der Waals surface area contributed by atoms with Crippen LogP contribution in [0, 0.1) is 6.92 Å². The van der Waals surface area contributed by atoms with Crippen LogP contribution in [0.3, 0.4) is 0 Å². The molecule has 1 aromatic rings. The van der Waals surface area contributed by atoms with Gasteiger partial charge in [0, 0.05) is 17.5 Å². The number of nitrogens with zero attached hydrogens (tertiary/aromatic N) is 1. The van der Waals surface area contributed by atoms with Gasteiger partial charge in [-0.05, 0) is 32.4 Å². The average Bonchev–Trinajstić information content (AvgIpc) is 2.02. The Kier molecular flexibility index (Phi) is 1.99. The van der Waals surface area contributed by atoms with E-state index in [4.69, 9.17) is 0 Å². The molecule has 0 unspecified atom stereocenters. The van der Waals surface area contributed by atoms with Gasteiger partial charge in [-0.3, -0.25) is 0 Å². The van der Waals surface area contributed by atoms with Crippen molar-refractivity contribution in [1.82, 2.24) is 4.98 Å². The van der Waals surface area contributed by atoms with Gasteiger partial charge in [0.05, 0.1) is 5.69 Å². The molecule has 2 heterocycles. The molecule has 0 radical (unpaired) electrons. The summed E-state index contributed by atoms with van der Waals surface area (Å²) in [6.45, 7) is 7.60. The largest absolute Gasteiger partial charge is 0.381 e. The van der Waals surface area contributed by atoms with E-state index < -0.39 is 0 Å². The summed E-state index contributed by atoms with van der Waals surface area (Å²) in [6.07, 6.45) is 1.88. The Morgan fingerprint density at radius 3 is 3.08 bits per heavy atom. The number of thioether (sulfide) groups is 1. The zero-order valence-corrected chi connectivity index (χ0v) is 9.03. The van der Waals surface area contributed by atoms with Gasteiger partial charge in [-0.15, -0.1) is 0 Å². The lowest BCUT2D eigenvalue weighted by molar-refractivity contribution is 0.732. The van der Waals surface area contributed by atoms with Crippen LogP contribution >= 0.6 is 11.8 Å². The highest BCUT2D eigenvalue weighted by Gasteiger charge is 2.27. The van der Waals surface area contributed by atoms with E-state index in [1.807, 2.05) is 24.0 Å². The van der Waals surface area contributed by atoms with Crippen molar-refractivity contribution in [3.05, 3.63) is 17.8 Å². The highest BCUT2D eigenvalue weighted by Crippen LogP contribution is 2.40. The molecule has 3 heteroatoms. The Hall–Kier alpha value is -0.700. The van der Waals surface area contributed by atoms with Crippen molar-refractivity contribution < 1.29 is 0 Å². The van der Waals surface area contributed by atoms with E-state index in [-0.39, 0.29) is 4.75 Å². The van der Waals surface area contributed by atoms with E-state index in [0.717, 1.165) is 11.6 Å². The minimum atomic E-state index is 0.258. The summed E-state index contributed by atoms with van der Waals surface area (Å²) in [6, 6.07) is 2.05. The first-order chi connectivity index (χ1) is 6.08. The number of fused-ring (bicyclic) bond motifs is 1. The number of hydrogen-bond acceptors (Lipinski definition) is 3. The molecule has 13 heavy (non-hydrogen) atoms. The van der Waals surface area contributed by atoms with Gasteiger partial charge in [-0.2, -0.15) is 0 Å². The maximum atomic E-state index is 4.38. The first-order valence-corrected chi connectivity index (χ1v) is 5.29. The smallest absolute Gasteiger partial charge is 0.120 e. The van der Waals surface area contributed by atoms with Crippen molar-refractivity contribution in [2.75, 3.05) is 11.9 Å². The van der Waals surface area contributed by atoms with Crippen LogP contribution in [-0.4, -0.2) is 16.3 Å². The maximum absolute atomic E-state index is 4.38. The number of rotatable bonds is 0. The Bertz CT molecular complexity index is 334. The molecule has 0 atom stereocenters. The predicted octanol–water partition coefficient (Wildman–Crippen LogP) is 2.69. The maximum Gasteiger partial charge on any atom is 0.120 e. The highest BCUT2D eigenvalue weighted by atomic mass is 32.2. The highest BCUT2D eigenvalue weighted by molar-refractivity contribution is 8.00. The summed E-state index contributed by atoms with van der Waals surface area (Å²) < 4.78 is 0.258. The fourth-order valence-electron chi connectivity index (χ4n) is 1.42. The summed E-state index contributed by atoms with van der Waals surface area (Å²) in [5, 5.41) is 4.57. The van der Waals surface area contributed by atoms with E-state index in [1.54, 1.807) is 0 Å². The van der Waals surface area contributed by atoms with Crippen molar-refractivity contribution in [1.29, 1.82) is 0 Å². The third-order valence-electron chi connectivity index (χ3n) is 2.19. The second-order valence-corrected chi connectivity index (χ2v) is 5.72. The van der Waals surface area contributed by atoms with Gasteiger partial charge in [0.25, 0.3) is 0 Å². The zero-order chi connectivity index (χ0) is 9.47. The number of pyridine rings is 1. The Balaban J connectivity index is 2.42. The van der Waals surface area contributed by atoms with Crippen LogP contribution in [0.1, 0.15) is 19.4 Å². The topological polar surface area (TPSA) is 24.9 Å². The standard InChI is InChI=1S/C10H14N2S/c1-7-4-5-11-9-8(7)12-6-10(2,3)13-9/h4-5,12H,6H2,1-3H3. The molecule has 0 fully saturated rings. The van der Waals surface area contributed by atoms with E-state index in [1.165, 1.54) is 11.3 Å². The van der Waals surface area contributed by atoms with Crippen LogP contribution in [0.25, 0.3) is 0 Å². The summed E-state index contributed by atoms with van der Waals surface area (Å²) in [5.41, 5.74) is 2.50. The minimum absolute atomic E-state index is 0.258. The molecular formula is C10H14N2S. The Morgan fingerprint density at radius 1 is 1.54 bits per heavy atom. The number of hydrogen-bond donors (Lipinski definition) is 1. The summed E-state index contributed by atoms with van der Waals surface area (Å²) in [4.78, 5) is 4.38. The van der Waals surface area contributed by atoms with Crippen molar-refractivity contribution in [2.45, 2.75) is 30.5 Å². The molecule has 0 amide bonds. The molecule has 2 rings (SSSR count). The van der Waals surface area contributed by atoms with Gasteiger partial charge >= 0.3 is 0 Å². The lowest BCUT2D eigenvalue weighted by atomic mass is 10.2. The third-order valence-corrected chi connectivity index (χ3v) is 3.39. The van der Waals surface area contributed by atoms with Crippen LogP contribution in [0.5, 0.6) is 0 Å². The van der Waals surface area contributed by atoms with E-state index in [0.29, 0.717) is 0 Å². The first kappa shape index (κ1) is 8.88. The summed E-state index contributed by atoms with van der Waals surface area (Å²) >= 11 is 1.85. The number of aryl methyl sites for hydroxylation is 1. The molecular weight excluding hydrogens is 180 g/mol. The summed E-state index contributed by atoms with van der Waals surface area (Å²) in [5.74, 6) is 0. The van der Waals surface area contributed by atoms with Crippen molar-refractivity contribution in [2.24, 2.45) is 0 Å². The second-order valence-electron chi connectivity index (χ2n) is 4.02. The van der Waals surface area contributed by atoms with E-state index >= 15 is 0 Å². The monoisotopic (exact) mass is 194 g/mol. The zero-order valence-electron chi connectivity index (χ0n) is 8.22. The fourth-order valence-corrected chi connectivity index (χ4v) is 2.54. The average molecular weight is 194 g/mol. The molecule has 1 N–H and O–H groups in total. The second kappa shape index (κ2) is 2.91. The molecule has 0 spiro atoms. The summed E-state index contributed by atoms with van der Waals surface area (Å²) in [7, 11) is 0. The molecule has 70 valence electrons. The van der Waals surface area contributed by atoms with Crippen LogP contribution in [-0.2, 0) is 0 Å².